The Kier molecular flexibility index (Phi) is 6.62. The van der Waals surface area contributed by atoms with E-state index in [9.17, 15) is 9.59 Å². The lowest BCUT2D eigenvalue weighted by Crippen LogP contribution is -2.41. The average molecular weight is 399 g/mol. The first-order valence-electron chi connectivity index (χ1n) is 9.04. The lowest BCUT2D eigenvalue weighted by molar-refractivity contribution is -0.131. The summed E-state index contributed by atoms with van der Waals surface area (Å²) in [6.07, 6.45) is 3.06. The number of halogens is 2. The van der Waals surface area contributed by atoms with Crippen LogP contribution < -0.4 is 5.32 Å². The van der Waals surface area contributed by atoms with Crippen LogP contribution in [-0.2, 0) is 4.79 Å². The van der Waals surface area contributed by atoms with E-state index in [4.69, 9.17) is 23.2 Å². The van der Waals surface area contributed by atoms with Gasteiger partial charge in [0.05, 0.1) is 16.6 Å². The Bertz CT molecular complexity index is 665. The largest absolute Gasteiger partial charge is 0.342 e. The number of amides is 3. The molecule has 0 saturated carbocycles. The van der Waals surface area contributed by atoms with Gasteiger partial charge in [0, 0.05) is 45.0 Å². The minimum atomic E-state index is -0.156. The number of nitrogens with one attached hydrogen (secondary N) is 1. The summed E-state index contributed by atoms with van der Waals surface area (Å²) in [7, 11) is 0. The highest BCUT2D eigenvalue weighted by Gasteiger charge is 2.23. The van der Waals surface area contributed by atoms with Crippen LogP contribution in [0.2, 0.25) is 10.0 Å². The van der Waals surface area contributed by atoms with Gasteiger partial charge in [0.2, 0.25) is 5.91 Å². The van der Waals surface area contributed by atoms with Crippen molar-refractivity contribution >= 4 is 40.8 Å². The molecule has 26 heavy (non-hydrogen) atoms. The first-order chi connectivity index (χ1) is 12.5. The summed E-state index contributed by atoms with van der Waals surface area (Å²) in [5.41, 5.74) is 0.620. The second-order valence-electron chi connectivity index (χ2n) is 6.76. The fourth-order valence-corrected chi connectivity index (χ4v) is 3.66. The molecule has 0 radical (unpaired) electrons. The van der Waals surface area contributed by atoms with Gasteiger partial charge in [-0.1, -0.05) is 23.2 Å². The molecule has 2 fully saturated rings. The van der Waals surface area contributed by atoms with Crippen LogP contribution in [-0.4, -0.2) is 72.5 Å². The van der Waals surface area contributed by atoms with E-state index in [2.05, 4.69) is 10.2 Å². The first-order valence-corrected chi connectivity index (χ1v) is 9.79. The lowest BCUT2D eigenvalue weighted by Gasteiger charge is -2.24. The smallest absolute Gasteiger partial charge is 0.321 e. The second-order valence-corrected chi connectivity index (χ2v) is 7.58. The summed E-state index contributed by atoms with van der Waals surface area (Å²) in [6.45, 7) is 5.00. The highest BCUT2D eigenvalue weighted by molar-refractivity contribution is 6.42. The third-order valence-electron chi connectivity index (χ3n) is 4.86. The van der Waals surface area contributed by atoms with Crippen molar-refractivity contribution in [3.63, 3.8) is 0 Å². The van der Waals surface area contributed by atoms with Crippen molar-refractivity contribution in [1.29, 1.82) is 0 Å². The molecule has 0 unspecified atom stereocenters. The molecule has 2 saturated heterocycles. The molecular weight excluding hydrogens is 375 g/mol. The molecule has 0 aliphatic carbocycles. The molecule has 0 bridgehead atoms. The van der Waals surface area contributed by atoms with Crippen molar-refractivity contribution in [2.24, 2.45) is 0 Å². The van der Waals surface area contributed by atoms with Crippen LogP contribution in [0, 0.1) is 0 Å². The Morgan fingerprint density at radius 2 is 1.62 bits per heavy atom. The van der Waals surface area contributed by atoms with E-state index in [1.54, 1.807) is 23.1 Å². The first kappa shape index (κ1) is 19.3. The van der Waals surface area contributed by atoms with Crippen LogP contribution in [0.4, 0.5) is 10.5 Å². The van der Waals surface area contributed by atoms with Crippen molar-refractivity contribution in [3.05, 3.63) is 28.2 Å². The predicted octanol–water partition coefficient (Wildman–Crippen LogP) is 3.16. The standard InChI is InChI=1S/C18H24Cl2N4O2/c19-15-5-4-14(12-16(15)20)21-18(26)24-9-3-6-22(10-11-24)13-17(25)23-7-1-2-8-23/h4-5,12H,1-3,6-11,13H2,(H,21,26). The summed E-state index contributed by atoms with van der Waals surface area (Å²) in [6, 6.07) is 4.87. The molecule has 1 aromatic carbocycles. The number of carbonyl (C=O) groups excluding carboxylic acids is 2. The number of carbonyl (C=O) groups is 2. The number of nitrogens with zero attached hydrogens (tertiary/aromatic N) is 3. The molecule has 3 amide bonds. The van der Waals surface area contributed by atoms with Gasteiger partial charge in [-0.3, -0.25) is 9.69 Å². The van der Waals surface area contributed by atoms with Crippen LogP contribution >= 0.6 is 23.2 Å². The third kappa shape index (κ3) is 5.02. The Morgan fingerprint density at radius 1 is 0.885 bits per heavy atom. The number of rotatable bonds is 3. The van der Waals surface area contributed by atoms with Gasteiger partial charge >= 0.3 is 6.03 Å². The fraction of sp³-hybridized carbons (Fsp3) is 0.556. The van der Waals surface area contributed by atoms with Crippen LogP contribution in [0.1, 0.15) is 19.3 Å². The molecule has 3 rings (SSSR count). The van der Waals surface area contributed by atoms with Crippen molar-refractivity contribution < 1.29 is 9.59 Å². The summed E-state index contributed by atoms with van der Waals surface area (Å²) < 4.78 is 0. The molecule has 6 nitrogen and oxygen atoms in total. The minimum Gasteiger partial charge on any atom is -0.342 e. The number of anilines is 1. The number of likely N-dealkylation sites (tertiary alicyclic amines) is 1. The maximum Gasteiger partial charge on any atom is 0.321 e. The van der Waals surface area contributed by atoms with Gasteiger partial charge < -0.3 is 15.1 Å². The SMILES string of the molecule is O=C(CN1CCCN(C(=O)Nc2ccc(Cl)c(Cl)c2)CC1)N1CCCC1. The molecule has 142 valence electrons. The Labute approximate surface area is 164 Å². The highest BCUT2D eigenvalue weighted by atomic mass is 35.5. The summed E-state index contributed by atoms with van der Waals surface area (Å²) in [4.78, 5) is 30.7. The highest BCUT2D eigenvalue weighted by Crippen LogP contribution is 2.25. The van der Waals surface area contributed by atoms with E-state index in [1.165, 1.54) is 0 Å². The molecule has 1 N–H and O–H groups in total. The Hall–Kier alpha value is -1.50. The molecule has 2 aliphatic heterocycles. The van der Waals surface area contributed by atoms with Crippen molar-refractivity contribution in [2.75, 3.05) is 51.1 Å². The predicted molar refractivity (Wildman–Crippen MR) is 104 cm³/mol. The summed E-state index contributed by atoms with van der Waals surface area (Å²) in [5, 5.41) is 3.72. The quantitative estimate of drug-likeness (QED) is 0.850. The van der Waals surface area contributed by atoms with E-state index >= 15 is 0 Å². The van der Waals surface area contributed by atoms with Gasteiger partial charge in [-0.25, -0.2) is 4.79 Å². The molecule has 8 heteroatoms. The molecule has 0 atom stereocenters. The molecule has 0 spiro atoms. The number of hydrogen-bond donors (Lipinski definition) is 1. The van der Waals surface area contributed by atoms with E-state index in [0.29, 0.717) is 41.9 Å². The minimum absolute atomic E-state index is 0.156. The van der Waals surface area contributed by atoms with Gasteiger partial charge in [-0.15, -0.1) is 0 Å². The summed E-state index contributed by atoms with van der Waals surface area (Å²) >= 11 is 11.9. The molecule has 0 aromatic heterocycles. The number of hydrogen-bond acceptors (Lipinski definition) is 3. The second kappa shape index (κ2) is 8.93. The van der Waals surface area contributed by atoms with E-state index in [0.717, 1.165) is 38.9 Å². The zero-order valence-corrected chi connectivity index (χ0v) is 16.2. The van der Waals surface area contributed by atoms with E-state index in [-0.39, 0.29) is 11.9 Å². The van der Waals surface area contributed by atoms with Crippen molar-refractivity contribution in [3.8, 4) is 0 Å². The zero-order chi connectivity index (χ0) is 18.5. The van der Waals surface area contributed by atoms with Gasteiger partial charge in [0.15, 0.2) is 0 Å². The van der Waals surface area contributed by atoms with Crippen LogP contribution in [0.3, 0.4) is 0 Å². The van der Waals surface area contributed by atoms with Gasteiger partial charge in [-0.2, -0.15) is 0 Å². The average Bonchev–Trinajstić information content (AvgIpc) is 3.06. The number of urea groups is 1. The topological polar surface area (TPSA) is 55.9 Å². The lowest BCUT2D eigenvalue weighted by atomic mass is 10.3. The maximum atomic E-state index is 12.5. The Balaban J connectivity index is 1.50. The number of benzene rings is 1. The van der Waals surface area contributed by atoms with Crippen molar-refractivity contribution in [1.82, 2.24) is 14.7 Å². The van der Waals surface area contributed by atoms with E-state index < -0.39 is 0 Å². The monoisotopic (exact) mass is 398 g/mol. The van der Waals surface area contributed by atoms with Crippen LogP contribution in [0.25, 0.3) is 0 Å². The third-order valence-corrected chi connectivity index (χ3v) is 5.60. The van der Waals surface area contributed by atoms with E-state index in [1.807, 2.05) is 4.90 Å². The Morgan fingerprint density at radius 3 is 2.35 bits per heavy atom. The molecule has 1 aromatic rings. The fourth-order valence-electron chi connectivity index (χ4n) is 3.37. The van der Waals surface area contributed by atoms with Crippen molar-refractivity contribution in [2.45, 2.75) is 19.3 Å². The summed E-state index contributed by atoms with van der Waals surface area (Å²) in [5.74, 6) is 0.205. The molecular formula is C18H24Cl2N4O2. The van der Waals surface area contributed by atoms with Crippen LogP contribution in [0.15, 0.2) is 18.2 Å². The van der Waals surface area contributed by atoms with Gasteiger partial charge in [0.1, 0.15) is 0 Å². The van der Waals surface area contributed by atoms with Crippen LogP contribution in [0.5, 0.6) is 0 Å². The van der Waals surface area contributed by atoms with Gasteiger partial charge in [-0.05, 0) is 37.5 Å². The van der Waals surface area contributed by atoms with Gasteiger partial charge in [0.25, 0.3) is 0 Å². The molecule has 2 aliphatic rings. The maximum absolute atomic E-state index is 12.5. The normalized spacial score (nSPS) is 18.7. The zero-order valence-electron chi connectivity index (χ0n) is 14.7. The molecule has 2 heterocycles.